The molecule has 0 saturated heterocycles. The van der Waals surface area contributed by atoms with Gasteiger partial charge in [-0.3, -0.25) is 14.9 Å². The Kier molecular flexibility index (Phi) is 5.66. The van der Waals surface area contributed by atoms with Gasteiger partial charge in [-0.2, -0.15) is 0 Å². The van der Waals surface area contributed by atoms with E-state index >= 15 is 0 Å². The van der Waals surface area contributed by atoms with Crippen LogP contribution in [0.2, 0.25) is 5.02 Å². The number of aliphatic carboxylic acids is 1. The summed E-state index contributed by atoms with van der Waals surface area (Å²) >= 11 is 5.72. The van der Waals surface area contributed by atoms with Crippen LogP contribution in [-0.2, 0) is 4.79 Å². The third-order valence-corrected chi connectivity index (χ3v) is 3.48. The molecule has 21 heavy (non-hydrogen) atoms. The van der Waals surface area contributed by atoms with E-state index in [-0.39, 0.29) is 16.5 Å². The van der Waals surface area contributed by atoms with Crippen LogP contribution in [0.15, 0.2) is 18.2 Å². The molecule has 0 radical (unpaired) electrons. The summed E-state index contributed by atoms with van der Waals surface area (Å²) in [6.07, 6.45) is 0.537. The smallest absolute Gasteiger partial charge is 0.326 e. The Bertz CT molecular complexity index is 576. The zero-order valence-corrected chi connectivity index (χ0v) is 12.3. The van der Waals surface area contributed by atoms with Crippen molar-refractivity contribution in [3.8, 4) is 0 Å². The summed E-state index contributed by atoms with van der Waals surface area (Å²) in [5.41, 5.74) is -0.799. The Morgan fingerprint density at radius 3 is 2.57 bits per heavy atom. The third-order valence-electron chi connectivity index (χ3n) is 3.18. The zero-order valence-electron chi connectivity index (χ0n) is 11.5. The minimum Gasteiger partial charge on any atom is -0.480 e. The molecule has 0 aromatic heterocycles. The molecule has 0 spiro atoms. The molecule has 0 heterocycles. The highest BCUT2D eigenvalue weighted by Gasteiger charge is 2.29. The number of para-hydroxylation sites is 1. The molecule has 2 unspecified atom stereocenters. The van der Waals surface area contributed by atoms with E-state index in [9.17, 15) is 19.7 Å². The maximum atomic E-state index is 12.1. The normalized spacial score (nSPS) is 13.3. The van der Waals surface area contributed by atoms with Gasteiger partial charge in [-0.05, 0) is 18.1 Å². The highest BCUT2D eigenvalue weighted by molar-refractivity contribution is 6.33. The van der Waals surface area contributed by atoms with Gasteiger partial charge in [0.1, 0.15) is 16.6 Å². The van der Waals surface area contributed by atoms with Gasteiger partial charge in [-0.1, -0.05) is 37.9 Å². The fourth-order valence-electron chi connectivity index (χ4n) is 1.79. The van der Waals surface area contributed by atoms with Crippen LogP contribution in [0.1, 0.15) is 30.6 Å². The van der Waals surface area contributed by atoms with E-state index < -0.39 is 28.5 Å². The van der Waals surface area contributed by atoms with Crippen LogP contribution in [-0.4, -0.2) is 27.9 Å². The summed E-state index contributed by atoms with van der Waals surface area (Å²) in [4.78, 5) is 33.5. The van der Waals surface area contributed by atoms with Crippen LogP contribution in [0.4, 0.5) is 5.69 Å². The second kappa shape index (κ2) is 7.03. The molecule has 0 saturated carbocycles. The van der Waals surface area contributed by atoms with Crippen LogP contribution in [0.3, 0.4) is 0 Å². The summed E-state index contributed by atoms with van der Waals surface area (Å²) in [5, 5.41) is 22.2. The van der Waals surface area contributed by atoms with Crippen molar-refractivity contribution in [1.29, 1.82) is 0 Å². The Hall–Kier alpha value is -2.15. The minimum absolute atomic E-state index is 0.178. The molecule has 7 nitrogen and oxygen atoms in total. The summed E-state index contributed by atoms with van der Waals surface area (Å²) in [6, 6.07) is 2.79. The lowest BCUT2D eigenvalue weighted by Crippen LogP contribution is -2.45. The first-order valence-corrected chi connectivity index (χ1v) is 6.63. The van der Waals surface area contributed by atoms with Crippen molar-refractivity contribution in [2.45, 2.75) is 26.3 Å². The van der Waals surface area contributed by atoms with Gasteiger partial charge >= 0.3 is 11.7 Å². The van der Waals surface area contributed by atoms with Crippen molar-refractivity contribution in [1.82, 2.24) is 5.32 Å². The summed E-state index contributed by atoms with van der Waals surface area (Å²) in [7, 11) is 0. The van der Waals surface area contributed by atoms with Crippen LogP contribution < -0.4 is 5.32 Å². The van der Waals surface area contributed by atoms with Crippen molar-refractivity contribution >= 4 is 29.2 Å². The van der Waals surface area contributed by atoms with Gasteiger partial charge in [0, 0.05) is 0 Å². The number of nitrogens with one attached hydrogen (secondary N) is 1. The molecule has 0 aliphatic heterocycles. The van der Waals surface area contributed by atoms with Gasteiger partial charge in [0.25, 0.3) is 5.91 Å². The largest absolute Gasteiger partial charge is 0.480 e. The molecule has 1 aromatic rings. The number of carbonyl (C=O) groups excluding carboxylic acids is 1. The second-order valence-electron chi connectivity index (χ2n) is 4.57. The fourth-order valence-corrected chi connectivity index (χ4v) is 2.03. The molecule has 114 valence electrons. The van der Waals surface area contributed by atoms with Crippen molar-refractivity contribution in [2.75, 3.05) is 0 Å². The molecule has 0 aliphatic carbocycles. The number of nitro benzene ring substituents is 1. The highest BCUT2D eigenvalue weighted by atomic mass is 35.5. The number of carbonyl (C=O) groups is 2. The first-order valence-electron chi connectivity index (χ1n) is 6.26. The van der Waals surface area contributed by atoms with Gasteiger partial charge in [0.15, 0.2) is 0 Å². The molecular weight excluding hydrogens is 300 g/mol. The van der Waals surface area contributed by atoms with Crippen LogP contribution in [0, 0.1) is 16.0 Å². The Morgan fingerprint density at radius 2 is 2.10 bits per heavy atom. The molecule has 2 N–H and O–H groups in total. The molecule has 1 aromatic carbocycles. The maximum absolute atomic E-state index is 12.1. The van der Waals surface area contributed by atoms with Gasteiger partial charge in [-0.15, -0.1) is 0 Å². The van der Waals surface area contributed by atoms with Crippen molar-refractivity contribution < 1.29 is 19.6 Å². The number of benzene rings is 1. The molecule has 8 heteroatoms. The molecular formula is C13H15ClN2O5. The first-order chi connectivity index (χ1) is 9.79. The number of nitrogens with zero attached hydrogens (tertiary/aromatic N) is 1. The average molecular weight is 315 g/mol. The van der Waals surface area contributed by atoms with Crippen LogP contribution in [0.25, 0.3) is 0 Å². The lowest BCUT2D eigenvalue weighted by molar-refractivity contribution is -0.385. The van der Waals surface area contributed by atoms with Crippen molar-refractivity contribution in [3.05, 3.63) is 38.9 Å². The highest BCUT2D eigenvalue weighted by Crippen LogP contribution is 2.28. The molecule has 2 atom stereocenters. The predicted molar refractivity (Wildman–Crippen MR) is 76.5 cm³/mol. The SMILES string of the molecule is CCC(C)C(NC(=O)c1cccc(Cl)c1[N+](=O)[O-])C(=O)O. The number of hydrogen-bond donors (Lipinski definition) is 2. The van der Waals surface area contributed by atoms with Gasteiger partial charge in [0.05, 0.1) is 4.92 Å². The lowest BCUT2D eigenvalue weighted by atomic mass is 9.99. The number of halogens is 1. The summed E-state index contributed by atoms with van der Waals surface area (Å²) in [6.45, 7) is 3.46. The Labute approximate surface area is 126 Å². The number of nitro groups is 1. The predicted octanol–water partition coefficient (Wildman–Crippen LogP) is 2.48. The quantitative estimate of drug-likeness (QED) is 0.619. The number of rotatable bonds is 6. The second-order valence-corrected chi connectivity index (χ2v) is 4.98. The van der Waals surface area contributed by atoms with E-state index in [0.29, 0.717) is 6.42 Å². The minimum atomic E-state index is -1.19. The number of carboxylic acids is 1. The number of amides is 1. The van der Waals surface area contributed by atoms with Crippen molar-refractivity contribution in [3.63, 3.8) is 0 Å². The summed E-state index contributed by atoms with van der Waals surface area (Å²) < 4.78 is 0. The lowest BCUT2D eigenvalue weighted by Gasteiger charge is -2.20. The maximum Gasteiger partial charge on any atom is 0.326 e. The Morgan fingerprint density at radius 1 is 1.48 bits per heavy atom. The average Bonchev–Trinajstić information content (AvgIpc) is 2.42. The topological polar surface area (TPSA) is 110 Å². The molecule has 0 fully saturated rings. The monoisotopic (exact) mass is 314 g/mol. The summed E-state index contributed by atoms with van der Waals surface area (Å²) in [5.74, 6) is -2.34. The van der Waals surface area contributed by atoms with Crippen LogP contribution in [0.5, 0.6) is 0 Å². The van der Waals surface area contributed by atoms with Crippen LogP contribution >= 0.6 is 11.6 Å². The van der Waals surface area contributed by atoms with E-state index in [0.717, 1.165) is 0 Å². The third kappa shape index (κ3) is 3.91. The van der Waals surface area contributed by atoms with E-state index in [1.165, 1.54) is 18.2 Å². The molecule has 0 bridgehead atoms. The molecule has 0 aliphatic rings. The first kappa shape index (κ1) is 16.9. The van der Waals surface area contributed by atoms with E-state index in [1.807, 2.05) is 0 Å². The van der Waals surface area contributed by atoms with Crippen molar-refractivity contribution in [2.24, 2.45) is 5.92 Å². The molecule has 1 amide bonds. The molecule has 1 rings (SSSR count). The van der Waals surface area contributed by atoms with Gasteiger partial charge in [-0.25, -0.2) is 4.79 Å². The fraction of sp³-hybridized carbons (Fsp3) is 0.385. The van der Waals surface area contributed by atoms with E-state index in [4.69, 9.17) is 16.7 Å². The van der Waals surface area contributed by atoms with Gasteiger partial charge < -0.3 is 10.4 Å². The van der Waals surface area contributed by atoms with Gasteiger partial charge in [0.2, 0.25) is 0 Å². The number of hydrogen-bond acceptors (Lipinski definition) is 4. The zero-order chi connectivity index (χ0) is 16.2. The number of carboxylic acid groups (broad SMARTS) is 1. The van der Waals surface area contributed by atoms with E-state index in [1.54, 1.807) is 13.8 Å². The standard InChI is InChI=1S/C13H15ClN2O5/c1-3-7(2)10(13(18)19)15-12(17)8-5-4-6-9(14)11(8)16(20)21/h4-7,10H,3H2,1-2H3,(H,15,17)(H,18,19). The van der Waals surface area contributed by atoms with E-state index in [2.05, 4.69) is 5.32 Å². The Balaban J connectivity index is 3.12.